The summed E-state index contributed by atoms with van der Waals surface area (Å²) in [6.45, 7) is 5.05. The van der Waals surface area contributed by atoms with Crippen LogP contribution in [0.2, 0.25) is 0 Å². The maximum absolute atomic E-state index is 12.5. The fourth-order valence-corrected chi connectivity index (χ4v) is 3.13. The number of piperidine rings is 1. The van der Waals surface area contributed by atoms with Crippen molar-refractivity contribution in [2.24, 2.45) is 11.8 Å². The highest BCUT2D eigenvalue weighted by atomic mass is 16.5. The predicted octanol–water partition coefficient (Wildman–Crippen LogP) is 0.392. The molecule has 2 heterocycles. The number of hydrogen-bond donors (Lipinski definition) is 0. The third kappa shape index (κ3) is 2.70. The van der Waals surface area contributed by atoms with Crippen LogP contribution in [0.15, 0.2) is 0 Å². The van der Waals surface area contributed by atoms with Crippen molar-refractivity contribution < 1.29 is 23.9 Å². The third-order valence-corrected chi connectivity index (χ3v) is 3.98. The van der Waals surface area contributed by atoms with Crippen LogP contribution >= 0.6 is 0 Å². The van der Waals surface area contributed by atoms with Gasteiger partial charge in [0.15, 0.2) is 5.78 Å². The summed E-state index contributed by atoms with van der Waals surface area (Å²) in [6, 6.07) is -0.118. The molecule has 20 heavy (non-hydrogen) atoms. The molecule has 0 aromatic heterocycles. The highest BCUT2D eigenvalue weighted by molar-refractivity contribution is 6.09. The van der Waals surface area contributed by atoms with E-state index in [0.717, 1.165) is 19.4 Å². The Morgan fingerprint density at radius 1 is 1.20 bits per heavy atom. The van der Waals surface area contributed by atoms with Gasteiger partial charge < -0.3 is 9.47 Å². The molecule has 0 aromatic carbocycles. The first-order chi connectivity index (χ1) is 9.60. The summed E-state index contributed by atoms with van der Waals surface area (Å²) in [4.78, 5) is 38.5. The summed E-state index contributed by atoms with van der Waals surface area (Å²) < 4.78 is 9.96. The van der Waals surface area contributed by atoms with E-state index in [1.54, 1.807) is 13.8 Å². The van der Waals surface area contributed by atoms with Gasteiger partial charge in [0.05, 0.1) is 13.2 Å². The minimum absolute atomic E-state index is 0.118. The van der Waals surface area contributed by atoms with Crippen LogP contribution < -0.4 is 0 Å². The molecule has 6 heteroatoms. The van der Waals surface area contributed by atoms with Gasteiger partial charge >= 0.3 is 11.9 Å². The second-order valence-corrected chi connectivity index (χ2v) is 5.14. The predicted molar refractivity (Wildman–Crippen MR) is 69.8 cm³/mol. The molecule has 0 N–H and O–H groups in total. The number of ketones is 1. The Balaban J connectivity index is 2.20. The zero-order valence-corrected chi connectivity index (χ0v) is 12.0. The average molecular weight is 283 g/mol. The van der Waals surface area contributed by atoms with Gasteiger partial charge in [-0.2, -0.15) is 0 Å². The van der Waals surface area contributed by atoms with Crippen LogP contribution in [-0.4, -0.2) is 55.0 Å². The molecule has 0 amide bonds. The molecule has 2 rings (SSSR count). The summed E-state index contributed by atoms with van der Waals surface area (Å²) in [5, 5.41) is 0. The number of ether oxygens (including phenoxy) is 2. The number of Topliss-reactive ketones (excluding diaryl/α,β-unsaturated/α-hetero) is 1. The highest BCUT2D eigenvalue weighted by Gasteiger charge is 2.51. The van der Waals surface area contributed by atoms with E-state index >= 15 is 0 Å². The Labute approximate surface area is 118 Å². The summed E-state index contributed by atoms with van der Waals surface area (Å²) >= 11 is 0. The van der Waals surface area contributed by atoms with E-state index in [1.165, 1.54) is 0 Å². The fraction of sp³-hybridized carbons (Fsp3) is 0.786. The van der Waals surface area contributed by atoms with Gasteiger partial charge in [-0.3, -0.25) is 19.3 Å². The largest absolute Gasteiger partial charge is 0.465 e. The van der Waals surface area contributed by atoms with E-state index in [4.69, 9.17) is 9.47 Å². The second-order valence-electron chi connectivity index (χ2n) is 5.14. The molecule has 2 aliphatic heterocycles. The van der Waals surface area contributed by atoms with Crippen molar-refractivity contribution in [1.29, 1.82) is 0 Å². The lowest BCUT2D eigenvalue weighted by Gasteiger charge is -2.37. The molecular formula is C14H21NO5. The van der Waals surface area contributed by atoms with Crippen LogP contribution in [-0.2, 0) is 23.9 Å². The van der Waals surface area contributed by atoms with E-state index in [0.29, 0.717) is 6.54 Å². The van der Waals surface area contributed by atoms with Crippen LogP contribution in [0.1, 0.15) is 26.7 Å². The Morgan fingerprint density at radius 3 is 2.50 bits per heavy atom. The number of carbonyl (C=O) groups is 3. The number of fused-ring (bicyclic) bond motifs is 1. The maximum Gasteiger partial charge on any atom is 0.318 e. The number of hydrogen-bond acceptors (Lipinski definition) is 6. The van der Waals surface area contributed by atoms with E-state index in [2.05, 4.69) is 0 Å². The van der Waals surface area contributed by atoms with Crippen LogP contribution in [0.4, 0.5) is 0 Å². The van der Waals surface area contributed by atoms with E-state index < -0.39 is 23.8 Å². The normalized spacial score (nSPS) is 29.9. The maximum atomic E-state index is 12.5. The molecule has 2 aliphatic rings. The summed E-state index contributed by atoms with van der Waals surface area (Å²) in [5.41, 5.74) is 0. The Bertz CT molecular complexity index is 408. The summed E-state index contributed by atoms with van der Waals surface area (Å²) in [7, 11) is 0. The SMILES string of the molecule is CCOC(=O)[C@@H]1CN2CCC[C@H]2[C@H](C(=O)OCC)C1=O. The fourth-order valence-electron chi connectivity index (χ4n) is 3.13. The van der Waals surface area contributed by atoms with Gasteiger partial charge in [0, 0.05) is 12.6 Å². The lowest BCUT2D eigenvalue weighted by Crippen LogP contribution is -2.56. The number of esters is 2. The second kappa shape index (κ2) is 6.35. The van der Waals surface area contributed by atoms with Crippen LogP contribution in [0.3, 0.4) is 0 Å². The van der Waals surface area contributed by atoms with Gasteiger partial charge in [-0.15, -0.1) is 0 Å². The van der Waals surface area contributed by atoms with Crippen molar-refractivity contribution in [3.8, 4) is 0 Å². The molecular weight excluding hydrogens is 262 g/mol. The van der Waals surface area contributed by atoms with Gasteiger partial charge in [-0.25, -0.2) is 0 Å². The zero-order chi connectivity index (χ0) is 14.7. The number of carbonyl (C=O) groups excluding carboxylic acids is 3. The Morgan fingerprint density at radius 2 is 1.85 bits per heavy atom. The van der Waals surface area contributed by atoms with E-state index in [1.807, 2.05) is 4.90 Å². The standard InChI is InChI=1S/C14H21NO5/c1-3-19-13(17)9-8-15-7-5-6-10(15)11(12(9)16)14(18)20-4-2/h9-11H,3-8H2,1-2H3/t9-,10+,11+/m1/s1. The first-order valence-electron chi connectivity index (χ1n) is 7.21. The van der Waals surface area contributed by atoms with Crippen molar-refractivity contribution in [2.75, 3.05) is 26.3 Å². The lowest BCUT2D eigenvalue weighted by molar-refractivity contribution is -0.164. The summed E-state index contributed by atoms with van der Waals surface area (Å²) in [6.07, 6.45) is 1.73. The molecule has 6 nitrogen and oxygen atoms in total. The minimum atomic E-state index is -0.862. The van der Waals surface area contributed by atoms with Gasteiger partial charge in [-0.1, -0.05) is 0 Å². The Hall–Kier alpha value is -1.43. The first kappa shape index (κ1) is 15.0. The van der Waals surface area contributed by atoms with E-state index in [-0.39, 0.29) is 25.0 Å². The Kier molecular flexibility index (Phi) is 4.75. The van der Waals surface area contributed by atoms with Gasteiger partial charge in [0.25, 0.3) is 0 Å². The molecule has 0 radical (unpaired) electrons. The number of nitrogens with zero attached hydrogens (tertiary/aromatic N) is 1. The molecule has 0 aliphatic carbocycles. The van der Waals surface area contributed by atoms with Crippen LogP contribution in [0.5, 0.6) is 0 Å². The van der Waals surface area contributed by atoms with Gasteiger partial charge in [-0.05, 0) is 33.2 Å². The van der Waals surface area contributed by atoms with Crippen molar-refractivity contribution in [3.63, 3.8) is 0 Å². The zero-order valence-electron chi connectivity index (χ0n) is 12.0. The van der Waals surface area contributed by atoms with Crippen LogP contribution in [0, 0.1) is 11.8 Å². The molecule has 0 aromatic rings. The molecule has 0 bridgehead atoms. The highest BCUT2D eigenvalue weighted by Crippen LogP contribution is 2.33. The van der Waals surface area contributed by atoms with Crippen molar-refractivity contribution in [1.82, 2.24) is 4.90 Å². The molecule has 0 saturated carbocycles. The topological polar surface area (TPSA) is 72.9 Å². The van der Waals surface area contributed by atoms with Gasteiger partial charge in [0.1, 0.15) is 11.8 Å². The molecule has 112 valence electrons. The lowest BCUT2D eigenvalue weighted by atomic mass is 9.82. The quantitative estimate of drug-likeness (QED) is 0.549. The number of rotatable bonds is 4. The monoisotopic (exact) mass is 283 g/mol. The van der Waals surface area contributed by atoms with Crippen molar-refractivity contribution in [3.05, 3.63) is 0 Å². The first-order valence-corrected chi connectivity index (χ1v) is 7.21. The van der Waals surface area contributed by atoms with Crippen molar-refractivity contribution in [2.45, 2.75) is 32.7 Å². The molecule has 0 spiro atoms. The van der Waals surface area contributed by atoms with Crippen molar-refractivity contribution >= 4 is 17.7 Å². The molecule has 2 saturated heterocycles. The molecule has 3 atom stereocenters. The third-order valence-electron chi connectivity index (χ3n) is 3.98. The van der Waals surface area contributed by atoms with Crippen LogP contribution in [0.25, 0.3) is 0 Å². The minimum Gasteiger partial charge on any atom is -0.465 e. The average Bonchev–Trinajstić information content (AvgIpc) is 2.86. The van der Waals surface area contributed by atoms with E-state index in [9.17, 15) is 14.4 Å². The smallest absolute Gasteiger partial charge is 0.318 e. The summed E-state index contributed by atoms with van der Waals surface area (Å²) in [5.74, 6) is -3.09. The van der Waals surface area contributed by atoms with Gasteiger partial charge in [0.2, 0.25) is 0 Å². The molecule has 0 unspecified atom stereocenters. The molecule has 2 fully saturated rings.